The van der Waals surface area contributed by atoms with Crippen molar-refractivity contribution in [1.29, 1.82) is 0 Å². The topological polar surface area (TPSA) is 70.1 Å². The van der Waals surface area contributed by atoms with E-state index in [9.17, 15) is 0 Å². The zero-order valence-corrected chi connectivity index (χ0v) is 8.82. The quantitative estimate of drug-likeness (QED) is 0.664. The second-order valence-corrected chi connectivity index (χ2v) is 4.05. The molecule has 0 aromatic carbocycles. The molecule has 0 atom stereocenters. The Morgan fingerprint density at radius 2 is 2.13 bits per heavy atom. The maximum atomic E-state index is 9.15. The molecule has 0 spiro atoms. The van der Waals surface area contributed by atoms with E-state index in [2.05, 4.69) is 20.6 Å². The second kappa shape index (κ2) is 4.02. The molecule has 1 aromatic heterocycles. The van der Waals surface area contributed by atoms with E-state index in [1.165, 1.54) is 0 Å². The smallest absolute Gasteiger partial charge is 0.146 e. The summed E-state index contributed by atoms with van der Waals surface area (Å²) < 4.78 is 0. The lowest BCUT2D eigenvalue weighted by atomic mass is 10.1. The Morgan fingerprint density at radius 3 is 2.73 bits per heavy atom. The fourth-order valence-electron chi connectivity index (χ4n) is 1.42. The van der Waals surface area contributed by atoms with E-state index in [-0.39, 0.29) is 12.0 Å². The molecule has 0 radical (unpaired) electrons. The highest BCUT2D eigenvalue weighted by molar-refractivity contribution is 5.41. The molecule has 0 amide bonds. The molecule has 5 heteroatoms. The Hall–Kier alpha value is -1.36. The largest absolute Gasteiger partial charge is 0.396 e. The number of aliphatic hydroxyl groups is 1. The molecule has 2 rings (SSSR count). The van der Waals surface area contributed by atoms with Gasteiger partial charge in [0.15, 0.2) is 0 Å². The summed E-state index contributed by atoms with van der Waals surface area (Å²) >= 11 is 0. The van der Waals surface area contributed by atoms with Crippen LogP contribution < -0.4 is 10.6 Å². The van der Waals surface area contributed by atoms with Gasteiger partial charge in [0.1, 0.15) is 11.6 Å². The van der Waals surface area contributed by atoms with Gasteiger partial charge in [-0.2, -0.15) is 0 Å². The third-order valence-corrected chi connectivity index (χ3v) is 2.83. The highest BCUT2D eigenvalue weighted by Crippen LogP contribution is 2.44. The van der Waals surface area contributed by atoms with Crippen LogP contribution in [0.5, 0.6) is 0 Å². The Kier molecular flexibility index (Phi) is 2.73. The average molecular weight is 208 g/mol. The molecule has 1 aliphatic rings. The van der Waals surface area contributed by atoms with Gasteiger partial charge in [0.05, 0.1) is 19.0 Å². The summed E-state index contributed by atoms with van der Waals surface area (Å²) in [5, 5.41) is 15.3. The highest BCUT2D eigenvalue weighted by Gasteiger charge is 2.41. The first-order valence-electron chi connectivity index (χ1n) is 5.12. The molecule has 1 fully saturated rings. The SMILES string of the molecule is CNc1cncc(NCC2(CO)CC2)n1. The number of aliphatic hydroxyl groups excluding tert-OH is 1. The maximum Gasteiger partial charge on any atom is 0.146 e. The molecule has 5 nitrogen and oxygen atoms in total. The molecule has 1 aromatic rings. The van der Waals surface area contributed by atoms with E-state index < -0.39 is 0 Å². The van der Waals surface area contributed by atoms with Crippen LogP contribution in [-0.4, -0.2) is 35.3 Å². The number of nitrogens with one attached hydrogen (secondary N) is 2. The van der Waals surface area contributed by atoms with Crippen molar-refractivity contribution in [3.8, 4) is 0 Å². The van der Waals surface area contributed by atoms with Crippen molar-refractivity contribution in [2.45, 2.75) is 12.8 Å². The van der Waals surface area contributed by atoms with Crippen molar-refractivity contribution in [2.75, 3.05) is 30.8 Å². The lowest BCUT2D eigenvalue weighted by molar-refractivity contribution is 0.219. The van der Waals surface area contributed by atoms with Crippen LogP contribution in [0.4, 0.5) is 11.6 Å². The minimum absolute atomic E-state index is 0.0946. The molecular weight excluding hydrogens is 192 g/mol. The lowest BCUT2D eigenvalue weighted by Crippen LogP contribution is -2.19. The summed E-state index contributed by atoms with van der Waals surface area (Å²) in [5.41, 5.74) is 0.0946. The molecule has 1 saturated carbocycles. The number of hydrogen-bond donors (Lipinski definition) is 3. The Bertz CT molecular complexity index is 338. The minimum atomic E-state index is 0.0946. The van der Waals surface area contributed by atoms with E-state index in [1.54, 1.807) is 12.4 Å². The second-order valence-electron chi connectivity index (χ2n) is 4.05. The van der Waals surface area contributed by atoms with Crippen LogP contribution in [-0.2, 0) is 0 Å². The molecule has 0 aliphatic heterocycles. The summed E-state index contributed by atoms with van der Waals surface area (Å²) in [7, 11) is 1.81. The van der Waals surface area contributed by atoms with E-state index in [4.69, 9.17) is 5.11 Å². The third-order valence-electron chi connectivity index (χ3n) is 2.83. The normalized spacial score (nSPS) is 17.2. The molecule has 1 aliphatic carbocycles. The number of nitrogens with zero attached hydrogens (tertiary/aromatic N) is 2. The predicted molar refractivity (Wildman–Crippen MR) is 58.8 cm³/mol. The summed E-state index contributed by atoms with van der Waals surface area (Å²) in [6.07, 6.45) is 5.55. The summed E-state index contributed by atoms with van der Waals surface area (Å²) in [4.78, 5) is 8.34. The molecular formula is C10H16N4O. The van der Waals surface area contributed by atoms with Gasteiger partial charge in [-0.15, -0.1) is 0 Å². The van der Waals surface area contributed by atoms with Crippen LogP contribution >= 0.6 is 0 Å². The van der Waals surface area contributed by atoms with Crippen molar-refractivity contribution in [1.82, 2.24) is 9.97 Å². The predicted octanol–water partition coefficient (Wildman–Crippen LogP) is 0.703. The van der Waals surface area contributed by atoms with Gasteiger partial charge in [0.25, 0.3) is 0 Å². The first-order chi connectivity index (χ1) is 7.28. The fourth-order valence-corrected chi connectivity index (χ4v) is 1.42. The molecule has 0 unspecified atom stereocenters. The van der Waals surface area contributed by atoms with Gasteiger partial charge in [0, 0.05) is 19.0 Å². The number of rotatable bonds is 5. The Labute approximate surface area is 88.9 Å². The van der Waals surface area contributed by atoms with Crippen LogP contribution in [0.15, 0.2) is 12.4 Å². The molecule has 0 saturated heterocycles. The Balaban J connectivity index is 1.93. The van der Waals surface area contributed by atoms with Crippen LogP contribution in [0.25, 0.3) is 0 Å². The zero-order valence-electron chi connectivity index (χ0n) is 8.82. The van der Waals surface area contributed by atoms with Gasteiger partial charge in [-0.1, -0.05) is 0 Å². The van der Waals surface area contributed by atoms with Gasteiger partial charge in [-0.3, -0.25) is 4.98 Å². The van der Waals surface area contributed by atoms with Gasteiger partial charge in [0.2, 0.25) is 0 Å². The van der Waals surface area contributed by atoms with Crippen molar-refractivity contribution < 1.29 is 5.11 Å². The summed E-state index contributed by atoms with van der Waals surface area (Å²) in [5.74, 6) is 1.50. The van der Waals surface area contributed by atoms with E-state index in [1.807, 2.05) is 7.05 Å². The molecule has 1 heterocycles. The van der Waals surface area contributed by atoms with E-state index in [0.29, 0.717) is 0 Å². The molecule has 3 N–H and O–H groups in total. The molecule has 15 heavy (non-hydrogen) atoms. The fraction of sp³-hybridized carbons (Fsp3) is 0.600. The van der Waals surface area contributed by atoms with Crippen LogP contribution in [0, 0.1) is 5.41 Å². The van der Waals surface area contributed by atoms with E-state index in [0.717, 1.165) is 31.0 Å². The maximum absolute atomic E-state index is 9.15. The van der Waals surface area contributed by atoms with Crippen LogP contribution in [0.3, 0.4) is 0 Å². The van der Waals surface area contributed by atoms with Gasteiger partial charge >= 0.3 is 0 Å². The van der Waals surface area contributed by atoms with Crippen molar-refractivity contribution >= 4 is 11.6 Å². The molecule has 82 valence electrons. The first kappa shape index (κ1) is 10.2. The first-order valence-corrected chi connectivity index (χ1v) is 5.12. The van der Waals surface area contributed by atoms with Crippen LogP contribution in [0.1, 0.15) is 12.8 Å². The van der Waals surface area contributed by atoms with Gasteiger partial charge in [-0.05, 0) is 12.8 Å². The summed E-state index contributed by atoms with van der Waals surface area (Å²) in [6, 6.07) is 0. The minimum Gasteiger partial charge on any atom is -0.396 e. The van der Waals surface area contributed by atoms with Crippen molar-refractivity contribution in [2.24, 2.45) is 5.41 Å². The van der Waals surface area contributed by atoms with Crippen LogP contribution in [0.2, 0.25) is 0 Å². The number of aromatic nitrogens is 2. The summed E-state index contributed by atoms with van der Waals surface area (Å²) in [6.45, 7) is 1.02. The third kappa shape index (κ3) is 2.36. The monoisotopic (exact) mass is 208 g/mol. The number of hydrogen-bond acceptors (Lipinski definition) is 5. The zero-order chi connectivity index (χ0) is 10.7. The highest BCUT2D eigenvalue weighted by atomic mass is 16.3. The van der Waals surface area contributed by atoms with E-state index >= 15 is 0 Å². The Morgan fingerprint density at radius 1 is 1.40 bits per heavy atom. The van der Waals surface area contributed by atoms with Gasteiger partial charge in [-0.25, -0.2) is 4.98 Å². The lowest BCUT2D eigenvalue weighted by Gasteiger charge is -2.13. The standard InChI is InChI=1S/C10H16N4O/c1-11-8-4-12-5-9(14-8)13-6-10(7-15)2-3-10/h4-5,15H,2-3,6-7H2,1H3,(H2,11,13,14). The molecule has 0 bridgehead atoms. The van der Waals surface area contributed by atoms with Gasteiger partial charge < -0.3 is 15.7 Å². The van der Waals surface area contributed by atoms with Crippen molar-refractivity contribution in [3.05, 3.63) is 12.4 Å². The average Bonchev–Trinajstić information content (AvgIpc) is 3.07. The number of anilines is 2. The van der Waals surface area contributed by atoms with Crippen molar-refractivity contribution in [3.63, 3.8) is 0 Å².